The molecule has 1 aromatic rings. The van der Waals surface area contributed by atoms with Crippen LogP contribution in [0.4, 0.5) is 5.69 Å². The van der Waals surface area contributed by atoms with Gasteiger partial charge in [-0.15, -0.1) is 0 Å². The number of hydrogen-bond donors (Lipinski definition) is 1. The maximum atomic E-state index is 8.73. The first-order valence-corrected chi connectivity index (χ1v) is 4.59. The molecule has 1 heterocycles. The van der Waals surface area contributed by atoms with Crippen molar-refractivity contribution < 1.29 is 0 Å². The molecule has 0 saturated heterocycles. The van der Waals surface area contributed by atoms with Crippen LogP contribution in [0.1, 0.15) is 0 Å². The van der Waals surface area contributed by atoms with E-state index in [0.29, 0.717) is 0 Å². The molecule has 0 spiro atoms. The second-order valence-corrected chi connectivity index (χ2v) is 4.48. The van der Waals surface area contributed by atoms with Crippen LogP contribution in [-0.4, -0.2) is 4.33 Å². The van der Waals surface area contributed by atoms with E-state index in [0.717, 1.165) is 10.6 Å². The summed E-state index contributed by atoms with van der Waals surface area (Å²) in [6.07, 6.45) is 0. The van der Waals surface area contributed by atoms with Gasteiger partial charge in [0.2, 0.25) is 0 Å². The number of alkyl halides is 1. The molecule has 0 amide bonds. The van der Waals surface area contributed by atoms with E-state index in [1.807, 2.05) is 30.3 Å². The molecule has 1 unspecified atom stereocenters. The number of hydrogen-bond acceptors (Lipinski definition) is 3. The monoisotopic (exact) mass is 196 g/mol. The summed E-state index contributed by atoms with van der Waals surface area (Å²) in [6, 6.07) is 9.68. The Bertz CT molecular complexity index is 333. The third kappa shape index (κ3) is 1.13. The predicted molar refractivity (Wildman–Crippen MR) is 50.1 cm³/mol. The number of thioether (sulfide) groups is 1. The molecular weight excluding hydrogens is 192 g/mol. The molecule has 0 saturated carbocycles. The summed E-state index contributed by atoms with van der Waals surface area (Å²) in [5, 5.41) is 11.7. The molecule has 0 bridgehead atoms. The number of para-hydroxylation sites is 1. The average molecular weight is 197 g/mol. The zero-order valence-electron chi connectivity index (χ0n) is 6.04. The summed E-state index contributed by atoms with van der Waals surface area (Å²) >= 11 is 7.24. The molecule has 1 N–H and O–H groups in total. The van der Waals surface area contributed by atoms with Crippen LogP contribution in [0.15, 0.2) is 29.2 Å². The fraction of sp³-hybridized carbons (Fsp3) is 0.125. The molecule has 2 nitrogen and oxygen atoms in total. The number of rotatable bonds is 0. The van der Waals surface area contributed by atoms with Crippen molar-refractivity contribution in [3.8, 4) is 6.07 Å². The van der Waals surface area contributed by atoms with Gasteiger partial charge in [-0.1, -0.05) is 35.5 Å². The van der Waals surface area contributed by atoms with Gasteiger partial charge < -0.3 is 5.32 Å². The molecule has 0 aliphatic carbocycles. The minimum atomic E-state index is -1.01. The Morgan fingerprint density at radius 2 is 2.25 bits per heavy atom. The summed E-state index contributed by atoms with van der Waals surface area (Å²) in [5.74, 6) is 0. The lowest BCUT2D eigenvalue weighted by molar-refractivity contribution is 1.18. The fourth-order valence-electron chi connectivity index (χ4n) is 1.06. The van der Waals surface area contributed by atoms with E-state index in [9.17, 15) is 0 Å². The highest BCUT2D eigenvalue weighted by molar-refractivity contribution is 8.02. The number of anilines is 1. The molecule has 60 valence electrons. The molecular formula is C8H5ClN2S. The molecule has 1 aliphatic heterocycles. The standard InChI is InChI=1S/C8H5ClN2S/c9-8(5-10)11-6-3-1-2-4-7(6)12-8/h1-4,11H. The maximum Gasteiger partial charge on any atom is 0.252 e. The minimum Gasteiger partial charge on any atom is -0.345 e. The largest absolute Gasteiger partial charge is 0.345 e. The van der Waals surface area contributed by atoms with Crippen molar-refractivity contribution in [1.29, 1.82) is 5.26 Å². The number of benzene rings is 1. The molecule has 1 atom stereocenters. The maximum absolute atomic E-state index is 8.73. The molecule has 0 aromatic heterocycles. The van der Waals surface area contributed by atoms with Crippen molar-refractivity contribution in [1.82, 2.24) is 0 Å². The highest BCUT2D eigenvalue weighted by atomic mass is 35.5. The van der Waals surface area contributed by atoms with Crippen molar-refractivity contribution in [2.24, 2.45) is 0 Å². The van der Waals surface area contributed by atoms with Crippen LogP contribution in [0.5, 0.6) is 0 Å². The Hall–Kier alpha value is -0.850. The first-order valence-electron chi connectivity index (χ1n) is 3.40. The normalized spacial score (nSPS) is 25.7. The van der Waals surface area contributed by atoms with E-state index in [1.54, 1.807) is 0 Å². The van der Waals surface area contributed by atoms with Gasteiger partial charge in [0, 0.05) is 4.90 Å². The number of nitrogens with zero attached hydrogens (tertiary/aromatic N) is 1. The van der Waals surface area contributed by atoms with Gasteiger partial charge in [0.25, 0.3) is 4.33 Å². The Morgan fingerprint density at radius 3 is 2.92 bits per heavy atom. The number of nitrogens with one attached hydrogen (secondary N) is 1. The summed E-state index contributed by atoms with van der Waals surface area (Å²) in [7, 11) is 0. The molecule has 1 aliphatic rings. The quantitative estimate of drug-likeness (QED) is 0.512. The third-order valence-electron chi connectivity index (χ3n) is 1.58. The molecule has 0 fully saturated rings. The van der Waals surface area contributed by atoms with E-state index in [-0.39, 0.29) is 0 Å². The van der Waals surface area contributed by atoms with Crippen molar-refractivity contribution in [2.45, 2.75) is 9.23 Å². The van der Waals surface area contributed by atoms with E-state index >= 15 is 0 Å². The van der Waals surface area contributed by atoms with Crippen LogP contribution in [0, 0.1) is 11.3 Å². The van der Waals surface area contributed by atoms with Gasteiger partial charge >= 0.3 is 0 Å². The highest BCUT2D eigenvalue weighted by Crippen LogP contribution is 2.46. The van der Waals surface area contributed by atoms with Crippen LogP contribution in [-0.2, 0) is 0 Å². The second kappa shape index (κ2) is 2.58. The minimum absolute atomic E-state index is 0.930. The van der Waals surface area contributed by atoms with Crippen molar-refractivity contribution >= 4 is 29.1 Å². The third-order valence-corrected chi connectivity index (χ3v) is 3.04. The zero-order chi connectivity index (χ0) is 8.60. The number of nitriles is 1. The Morgan fingerprint density at radius 1 is 1.50 bits per heavy atom. The number of fused-ring (bicyclic) bond motifs is 1. The molecule has 4 heteroatoms. The summed E-state index contributed by atoms with van der Waals surface area (Å²) in [6.45, 7) is 0. The van der Waals surface area contributed by atoms with Crippen LogP contribution >= 0.6 is 23.4 Å². The highest BCUT2D eigenvalue weighted by Gasteiger charge is 2.35. The lowest BCUT2D eigenvalue weighted by Crippen LogP contribution is -2.19. The lowest BCUT2D eigenvalue weighted by Gasteiger charge is -2.09. The predicted octanol–water partition coefficient (Wildman–Crippen LogP) is 2.62. The van der Waals surface area contributed by atoms with Crippen LogP contribution in [0.25, 0.3) is 0 Å². The van der Waals surface area contributed by atoms with Crippen molar-refractivity contribution in [3.05, 3.63) is 24.3 Å². The zero-order valence-corrected chi connectivity index (χ0v) is 7.62. The summed E-state index contributed by atoms with van der Waals surface area (Å²) < 4.78 is -1.01. The van der Waals surface area contributed by atoms with E-state index in [2.05, 4.69) is 5.32 Å². The lowest BCUT2D eigenvalue weighted by atomic mass is 10.3. The molecule has 1 aromatic carbocycles. The van der Waals surface area contributed by atoms with Gasteiger partial charge in [0.1, 0.15) is 6.07 Å². The first-order chi connectivity index (χ1) is 5.73. The van der Waals surface area contributed by atoms with Gasteiger partial charge in [-0.05, 0) is 12.1 Å². The SMILES string of the molecule is N#CC1(Cl)Nc2ccccc2S1. The Kier molecular flexibility index (Phi) is 1.67. The van der Waals surface area contributed by atoms with Crippen LogP contribution < -0.4 is 5.32 Å². The van der Waals surface area contributed by atoms with Gasteiger partial charge in [-0.3, -0.25) is 0 Å². The molecule has 0 radical (unpaired) electrons. The van der Waals surface area contributed by atoms with Gasteiger partial charge in [-0.2, -0.15) is 5.26 Å². The number of halogens is 1. The van der Waals surface area contributed by atoms with Crippen molar-refractivity contribution in [3.63, 3.8) is 0 Å². The topological polar surface area (TPSA) is 35.8 Å². The van der Waals surface area contributed by atoms with Gasteiger partial charge in [0.05, 0.1) is 5.69 Å². The van der Waals surface area contributed by atoms with E-state index in [1.165, 1.54) is 11.8 Å². The van der Waals surface area contributed by atoms with E-state index in [4.69, 9.17) is 16.9 Å². The average Bonchev–Trinajstić information content (AvgIpc) is 2.42. The van der Waals surface area contributed by atoms with Gasteiger partial charge in [0.15, 0.2) is 0 Å². The van der Waals surface area contributed by atoms with E-state index < -0.39 is 4.33 Å². The van der Waals surface area contributed by atoms with Crippen LogP contribution in [0.2, 0.25) is 0 Å². The first kappa shape index (κ1) is 7.78. The van der Waals surface area contributed by atoms with Crippen molar-refractivity contribution in [2.75, 3.05) is 5.32 Å². The summed E-state index contributed by atoms with van der Waals surface area (Å²) in [5.41, 5.74) is 0.930. The summed E-state index contributed by atoms with van der Waals surface area (Å²) in [4.78, 5) is 1.02. The molecule has 12 heavy (non-hydrogen) atoms. The Labute approximate surface area is 79.5 Å². The Balaban J connectivity index is 2.41. The molecule has 2 rings (SSSR count). The fourth-order valence-corrected chi connectivity index (χ4v) is 2.30. The second-order valence-electron chi connectivity index (χ2n) is 2.43. The smallest absolute Gasteiger partial charge is 0.252 e. The van der Waals surface area contributed by atoms with Crippen LogP contribution in [0.3, 0.4) is 0 Å². The van der Waals surface area contributed by atoms with Gasteiger partial charge in [-0.25, -0.2) is 0 Å².